The van der Waals surface area contributed by atoms with Crippen LogP contribution in [-0.4, -0.2) is 33.1 Å². The van der Waals surface area contributed by atoms with Gasteiger partial charge in [0.15, 0.2) is 12.3 Å². The fourth-order valence-electron chi connectivity index (χ4n) is 3.40. The predicted octanol–water partition coefficient (Wildman–Crippen LogP) is 3.89. The number of fused-ring (bicyclic) bond motifs is 1. The molecule has 0 atom stereocenters. The number of anilines is 1. The van der Waals surface area contributed by atoms with E-state index in [1.165, 1.54) is 5.56 Å². The van der Waals surface area contributed by atoms with Gasteiger partial charge in [-0.2, -0.15) is 5.10 Å². The van der Waals surface area contributed by atoms with Gasteiger partial charge >= 0.3 is 5.97 Å². The molecule has 1 amide bonds. The molecule has 7 heteroatoms. The van der Waals surface area contributed by atoms with Crippen LogP contribution in [0.2, 0.25) is 0 Å². The number of ether oxygens (including phenoxy) is 1. The Balaban J connectivity index is 1.51. The molecule has 0 saturated carbocycles. The first-order valence-corrected chi connectivity index (χ1v) is 10.1. The molecule has 0 radical (unpaired) electrons. The average Bonchev–Trinajstić information content (AvgIpc) is 3.07. The van der Waals surface area contributed by atoms with Gasteiger partial charge in [0.25, 0.3) is 5.91 Å². The summed E-state index contributed by atoms with van der Waals surface area (Å²) in [5.74, 6) is -0.352. The van der Waals surface area contributed by atoms with Gasteiger partial charge in [0, 0.05) is 29.6 Å². The van der Waals surface area contributed by atoms with Crippen molar-refractivity contribution in [3.63, 3.8) is 0 Å². The quantitative estimate of drug-likeness (QED) is 0.600. The molecule has 0 aliphatic carbocycles. The summed E-state index contributed by atoms with van der Waals surface area (Å²) in [6.45, 7) is 9.73. The highest BCUT2D eigenvalue weighted by Crippen LogP contribution is 2.18. The Morgan fingerprint density at radius 2 is 1.83 bits per heavy atom. The maximum atomic E-state index is 12.1. The van der Waals surface area contributed by atoms with Crippen LogP contribution in [0.4, 0.5) is 5.69 Å². The van der Waals surface area contributed by atoms with E-state index in [4.69, 9.17) is 4.74 Å². The molecule has 2 aromatic heterocycles. The van der Waals surface area contributed by atoms with Crippen LogP contribution in [0.5, 0.6) is 0 Å². The van der Waals surface area contributed by atoms with Crippen LogP contribution in [0, 0.1) is 20.8 Å². The predicted molar refractivity (Wildman–Crippen MR) is 116 cm³/mol. The minimum Gasteiger partial charge on any atom is -0.456 e. The Morgan fingerprint density at radius 1 is 1.13 bits per heavy atom. The number of carbonyl (C=O) groups excluding carboxylic acids is 2. The van der Waals surface area contributed by atoms with E-state index in [0.717, 1.165) is 28.3 Å². The van der Waals surface area contributed by atoms with Crippen molar-refractivity contribution in [3.8, 4) is 0 Å². The van der Waals surface area contributed by atoms with Crippen molar-refractivity contribution in [2.45, 2.75) is 53.4 Å². The lowest BCUT2D eigenvalue weighted by Gasteiger charge is -2.11. The molecule has 0 aliphatic heterocycles. The first kappa shape index (κ1) is 21.5. The maximum Gasteiger partial charge on any atom is 0.306 e. The van der Waals surface area contributed by atoms with E-state index in [-0.39, 0.29) is 18.9 Å². The standard InChI is InChI=1S/C23H28N4O3/c1-14(2)18-6-8-19(9-7-18)25-22(28)13-30-23(29)11-10-20-16(4)24-21-12-15(3)26-27(21)17(20)5/h6-9,12,14H,10-11,13H2,1-5H3,(H,25,28). The number of aromatic nitrogens is 3. The van der Waals surface area contributed by atoms with Crippen molar-refractivity contribution in [3.05, 3.63) is 58.5 Å². The lowest BCUT2D eigenvalue weighted by molar-refractivity contribution is -0.147. The van der Waals surface area contributed by atoms with Crippen molar-refractivity contribution in [2.24, 2.45) is 0 Å². The van der Waals surface area contributed by atoms with Crippen LogP contribution >= 0.6 is 0 Å². The summed E-state index contributed by atoms with van der Waals surface area (Å²) in [6.07, 6.45) is 0.655. The van der Waals surface area contributed by atoms with Crippen LogP contribution in [-0.2, 0) is 20.7 Å². The summed E-state index contributed by atoms with van der Waals surface area (Å²) < 4.78 is 6.93. The zero-order valence-electron chi connectivity index (χ0n) is 18.2. The lowest BCUT2D eigenvalue weighted by Crippen LogP contribution is -2.21. The molecule has 0 unspecified atom stereocenters. The summed E-state index contributed by atoms with van der Waals surface area (Å²) >= 11 is 0. The molecule has 7 nitrogen and oxygen atoms in total. The molecule has 1 N–H and O–H groups in total. The number of nitrogens with zero attached hydrogens (tertiary/aromatic N) is 3. The highest BCUT2D eigenvalue weighted by molar-refractivity contribution is 5.92. The Bertz CT molecular complexity index is 1070. The van der Waals surface area contributed by atoms with Gasteiger partial charge in [-0.1, -0.05) is 26.0 Å². The smallest absolute Gasteiger partial charge is 0.306 e. The molecule has 158 valence electrons. The molecule has 30 heavy (non-hydrogen) atoms. The van der Waals surface area contributed by atoms with Crippen molar-refractivity contribution < 1.29 is 14.3 Å². The van der Waals surface area contributed by atoms with Gasteiger partial charge < -0.3 is 10.1 Å². The maximum absolute atomic E-state index is 12.1. The number of esters is 1. The van der Waals surface area contributed by atoms with E-state index < -0.39 is 5.97 Å². The second-order valence-corrected chi connectivity index (χ2v) is 7.80. The van der Waals surface area contributed by atoms with Crippen molar-refractivity contribution in [2.75, 3.05) is 11.9 Å². The minimum atomic E-state index is -0.421. The Morgan fingerprint density at radius 3 is 2.50 bits per heavy atom. The van der Waals surface area contributed by atoms with Gasteiger partial charge in [-0.15, -0.1) is 0 Å². The highest BCUT2D eigenvalue weighted by atomic mass is 16.5. The number of carbonyl (C=O) groups is 2. The molecular weight excluding hydrogens is 380 g/mol. The molecule has 2 heterocycles. The number of nitrogens with one attached hydrogen (secondary N) is 1. The topological polar surface area (TPSA) is 85.6 Å². The monoisotopic (exact) mass is 408 g/mol. The second kappa shape index (κ2) is 9.07. The average molecular weight is 409 g/mol. The molecular formula is C23H28N4O3. The number of aryl methyl sites for hydroxylation is 3. The summed E-state index contributed by atoms with van der Waals surface area (Å²) in [7, 11) is 0. The Kier molecular flexibility index (Phi) is 6.50. The van der Waals surface area contributed by atoms with E-state index in [2.05, 4.69) is 29.2 Å². The van der Waals surface area contributed by atoms with E-state index >= 15 is 0 Å². The van der Waals surface area contributed by atoms with E-state index in [9.17, 15) is 9.59 Å². The zero-order valence-corrected chi connectivity index (χ0v) is 18.2. The zero-order chi connectivity index (χ0) is 21.8. The van der Waals surface area contributed by atoms with E-state index in [1.807, 2.05) is 51.1 Å². The summed E-state index contributed by atoms with van der Waals surface area (Å²) in [6, 6.07) is 9.57. The molecule has 3 aromatic rings. The SMILES string of the molecule is Cc1cc2nc(C)c(CCC(=O)OCC(=O)Nc3ccc(C(C)C)cc3)c(C)n2n1. The van der Waals surface area contributed by atoms with Gasteiger partial charge in [-0.25, -0.2) is 9.50 Å². The molecule has 0 bridgehead atoms. The van der Waals surface area contributed by atoms with E-state index in [1.54, 1.807) is 4.52 Å². The Hall–Kier alpha value is -3.22. The number of benzene rings is 1. The third-order valence-electron chi connectivity index (χ3n) is 5.09. The first-order valence-electron chi connectivity index (χ1n) is 10.1. The van der Waals surface area contributed by atoms with Crippen LogP contribution in [0.15, 0.2) is 30.3 Å². The Labute approximate surface area is 176 Å². The van der Waals surface area contributed by atoms with E-state index in [0.29, 0.717) is 18.0 Å². The van der Waals surface area contributed by atoms with Gasteiger partial charge in [0.2, 0.25) is 0 Å². The highest BCUT2D eigenvalue weighted by Gasteiger charge is 2.14. The van der Waals surface area contributed by atoms with Crippen LogP contribution in [0.1, 0.15) is 54.4 Å². The second-order valence-electron chi connectivity index (χ2n) is 7.80. The number of hydrogen-bond acceptors (Lipinski definition) is 5. The molecule has 1 aromatic carbocycles. The van der Waals surface area contributed by atoms with Gasteiger partial charge in [0.1, 0.15) is 0 Å². The van der Waals surface area contributed by atoms with Gasteiger partial charge in [-0.05, 0) is 56.4 Å². The van der Waals surface area contributed by atoms with Crippen LogP contribution in [0.3, 0.4) is 0 Å². The third-order valence-corrected chi connectivity index (χ3v) is 5.09. The largest absolute Gasteiger partial charge is 0.456 e. The van der Waals surface area contributed by atoms with Crippen molar-refractivity contribution in [1.82, 2.24) is 14.6 Å². The van der Waals surface area contributed by atoms with Gasteiger partial charge in [-0.3, -0.25) is 9.59 Å². The number of hydrogen-bond donors (Lipinski definition) is 1. The third kappa shape index (κ3) is 5.03. The molecule has 3 rings (SSSR count). The fraction of sp³-hybridized carbons (Fsp3) is 0.391. The minimum absolute atomic E-state index is 0.172. The summed E-state index contributed by atoms with van der Waals surface area (Å²) in [5, 5.41) is 7.18. The van der Waals surface area contributed by atoms with Gasteiger partial charge in [0.05, 0.1) is 5.69 Å². The fourth-order valence-corrected chi connectivity index (χ4v) is 3.40. The van der Waals surface area contributed by atoms with Crippen molar-refractivity contribution >= 4 is 23.2 Å². The lowest BCUT2D eigenvalue weighted by atomic mass is 10.0. The van der Waals surface area contributed by atoms with Crippen molar-refractivity contribution in [1.29, 1.82) is 0 Å². The number of amides is 1. The van der Waals surface area contributed by atoms with Crippen LogP contribution in [0.25, 0.3) is 5.65 Å². The first-order chi connectivity index (χ1) is 14.2. The van der Waals surface area contributed by atoms with Crippen LogP contribution < -0.4 is 5.32 Å². The summed E-state index contributed by atoms with van der Waals surface area (Å²) in [5.41, 5.74) is 6.37. The molecule has 0 aliphatic rings. The molecule has 0 saturated heterocycles. The summed E-state index contributed by atoms with van der Waals surface area (Å²) in [4.78, 5) is 28.8. The number of rotatable bonds is 7. The molecule has 0 spiro atoms. The molecule has 0 fully saturated rings. The normalized spacial score (nSPS) is 11.1.